The van der Waals surface area contributed by atoms with Crippen LogP contribution in [0.1, 0.15) is 102 Å². The van der Waals surface area contributed by atoms with E-state index in [0.29, 0.717) is 5.92 Å². The Kier molecular flexibility index (Phi) is 8.85. The van der Waals surface area contributed by atoms with Crippen molar-refractivity contribution in [2.75, 3.05) is 0 Å². The highest BCUT2D eigenvalue weighted by Crippen LogP contribution is 2.57. The fourth-order valence-corrected chi connectivity index (χ4v) is 7.68. The van der Waals surface area contributed by atoms with E-state index in [4.69, 9.17) is 4.98 Å². The summed E-state index contributed by atoms with van der Waals surface area (Å²) in [6.07, 6.45) is 8.01. The van der Waals surface area contributed by atoms with Crippen LogP contribution in [-0.2, 0) is 16.8 Å². The van der Waals surface area contributed by atoms with E-state index in [1.807, 2.05) is 43.8 Å². The number of hydrogen-bond acceptors (Lipinski definition) is 5. The Hall–Kier alpha value is -2.41. The summed E-state index contributed by atoms with van der Waals surface area (Å²) in [5, 5.41) is 21.4. The van der Waals surface area contributed by atoms with E-state index in [-0.39, 0.29) is 16.4 Å². The van der Waals surface area contributed by atoms with Crippen molar-refractivity contribution in [2.24, 2.45) is 0 Å². The number of aliphatic carboxylic acids is 1. The van der Waals surface area contributed by atoms with Crippen LogP contribution in [0.3, 0.4) is 0 Å². The summed E-state index contributed by atoms with van der Waals surface area (Å²) in [5.74, 6) is -0.311. The first-order valence-corrected chi connectivity index (χ1v) is 15.1. The molecule has 1 fully saturated rings. The quantitative estimate of drug-likeness (QED) is 0.237. The van der Waals surface area contributed by atoms with Gasteiger partial charge in [-0.15, -0.1) is 23.1 Å². The third-order valence-electron chi connectivity index (χ3n) is 7.12. The largest absolute Gasteiger partial charge is 0.481 e. The third-order valence-corrected chi connectivity index (χ3v) is 9.92. The molecule has 4 rings (SSSR count). The van der Waals surface area contributed by atoms with Crippen LogP contribution in [0.5, 0.6) is 0 Å². The van der Waals surface area contributed by atoms with Gasteiger partial charge in [0.05, 0.1) is 17.7 Å². The Balaban J connectivity index is 1.58. The maximum absolute atomic E-state index is 11.6. The van der Waals surface area contributed by atoms with Crippen molar-refractivity contribution in [1.29, 1.82) is 0 Å². The maximum Gasteiger partial charge on any atom is 0.304 e. The molecular formula is C32H39NO3S2. The third kappa shape index (κ3) is 7.37. The van der Waals surface area contributed by atoms with Crippen molar-refractivity contribution in [2.45, 2.75) is 88.2 Å². The molecule has 1 unspecified atom stereocenters. The Labute approximate surface area is 235 Å². The number of carboxylic acids is 1. The molecule has 0 saturated heterocycles. The van der Waals surface area contributed by atoms with Crippen LogP contribution in [0.25, 0.3) is 12.2 Å². The molecule has 1 atom stereocenters. The fraction of sp³-hybridized carbons (Fsp3) is 0.438. The molecule has 6 heteroatoms. The molecule has 0 spiro atoms. The molecule has 1 heterocycles. The van der Waals surface area contributed by atoms with Crippen LogP contribution in [0.15, 0.2) is 48.5 Å². The molecule has 3 aromatic rings. The standard InChI is InChI=1S/C32H39NO3S2/c1-21(2)30-22(3)37-28(33-30)16-13-23-9-8-11-25(19-23)27(38-32(17-18-32)20-29(34)35)15-14-24-10-6-7-12-26(24)31(4,5)36/h6-13,16,19,21,27,36H,14-15,17-18,20H2,1-5H3,(H,34,35)/b16-13+. The molecule has 0 amide bonds. The number of thiazole rings is 1. The number of nitrogens with zero attached hydrogens (tertiary/aromatic N) is 1. The predicted octanol–water partition coefficient (Wildman–Crippen LogP) is 8.39. The first-order valence-electron chi connectivity index (χ1n) is 13.4. The van der Waals surface area contributed by atoms with Crippen LogP contribution in [-0.4, -0.2) is 25.9 Å². The van der Waals surface area contributed by atoms with Gasteiger partial charge in [0.25, 0.3) is 0 Å². The molecule has 0 radical (unpaired) electrons. The normalized spacial score (nSPS) is 15.8. The number of carboxylic acid groups (broad SMARTS) is 1. The van der Waals surface area contributed by atoms with E-state index in [1.165, 1.54) is 16.1 Å². The van der Waals surface area contributed by atoms with Crippen molar-refractivity contribution < 1.29 is 15.0 Å². The van der Waals surface area contributed by atoms with Crippen molar-refractivity contribution >= 4 is 41.2 Å². The van der Waals surface area contributed by atoms with Crippen LogP contribution in [0, 0.1) is 6.92 Å². The van der Waals surface area contributed by atoms with Gasteiger partial charge in [0.2, 0.25) is 0 Å². The average molecular weight is 550 g/mol. The monoisotopic (exact) mass is 549 g/mol. The van der Waals surface area contributed by atoms with Gasteiger partial charge in [-0.25, -0.2) is 4.98 Å². The van der Waals surface area contributed by atoms with Gasteiger partial charge in [-0.3, -0.25) is 4.79 Å². The minimum Gasteiger partial charge on any atom is -0.481 e. The van der Waals surface area contributed by atoms with Gasteiger partial charge in [-0.05, 0) is 80.7 Å². The van der Waals surface area contributed by atoms with E-state index in [9.17, 15) is 15.0 Å². The van der Waals surface area contributed by atoms with Crippen LogP contribution >= 0.6 is 23.1 Å². The Bertz CT molecular complexity index is 1300. The maximum atomic E-state index is 11.6. The van der Waals surface area contributed by atoms with Gasteiger partial charge in [0, 0.05) is 14.9 Å². The molecule has 0 bridgehead atoms. The van der Waals surface area contributed by atoms with E-state index < -0.39 is 11.6 Å². The van der Waals surface area contributed by atoms with Crippen LogP contribution in [0.2, 0.25) is 0 Å². The second kappa shape index (κ2) is 11.8. The first-order chi connectivity index (χ1) is 18.0. The average Bonchev–Trinajstić information content (AvgIpc) is 3.49. The lowest BCUT2D eigenvalue weighted by Crippen LogP contribution is -2.18. The summed E-state index contributed by atoms with van der Waals surface area (Å²) in [4.78, 5) is 17.7. The summed E-state index contributed by atoms with van der Waals surface area (Å²) < 4.78 is -0.177. The van der Waals surface area contributed by atoms with Crippen molar-refractivity contribution in [3.63, 3.8) is 0 Å². The van der Waals surface area contributed by atoms with Crippen LogP contribution in [0.4, 0.5) is 0 Å². The second-order valence-electron chi connectivity index (χ2n) is 11.3. The topological polar surface area (TPSA) is 70.4 Å². The second-order valence-corrected chi connectivity index (χ2v) is 14.2. The minimum atomic E-state index is -0.908. The Morgan fingerprint density at radius 2 is 1.89 bits per heavy atom. The van der Waals surface area contributed by atoms with Gasteiger partial charge >= 0.3 is 5.97 Å². The molecule has 38 heavy (non-hydrogen) atoms. The van der Waals surface area contributed by atoms with E-state index in [1.54, 1.807) is 11.3 Å². The highest BCUT2D eigenvalue weighted by Gasteiger charge is 2.47. The van der Waals surface area contributed by atoms with Crippen molar-refractivity contribution in [1.82, 2.24) is 4.98 Å². The summed E-state index contributed by atoms with van der Waals surface area (Å²) in [6, 6.07) is 16.7. The number of thioether (sulfide) groups is 1. The first kappa shape index (κ1) is 28.6. The summed E-state index contributed by atoms with van der Waals surface area (Å²) in [7, 11) is 0. The fourth-order valence-electron chi connectivity index (χ4n) is 5.04. The molecule has 1 aliphatic carbocycles. The lowest BCUT2D eigenvalue weighted by Gasteiger charge is -2.25. The molecule has 1 aliphatic rings. The van der Waals surface area contributed by atoms with Gasteiger partial charge in [0.1, 0.15) is 5.01 Å². The van der Waals surface area contributed by atoms with E-state index in [2.05, 4.69) is 63.3 Å². The minimum absolute atomic E-state index is 0.162. The number of benzene rings is 2. The Morgan fingerprint density at radius 1 is 1.16 bits per heavy atom. The lowest BCUT2D eigenvalue weighted by atomic mass is 9.90. The number of hydrogen-bond donors (Lipinski definition) is 2. The summed E-state index contributed by atoms with van der Waals surface area (Å²) >= 11 is 3.55. The summed E-state index contributed by atoms with van der Waals surface area (Å²) in [5.41, 5.74) is 4.68. The van der Waals surface area contributed by atoms with Gasteiger partial charge < -0.3 is 10.2 Å². The van der Waals surface area contributed by atoms with E-state index in [0.717, 1.165) is 47.4 Å². The zero-order valence-corrected chi connectivity index (χ0v) is 24.7. The molecule has 0 aliphatic heterocycles. The number of rotatable bonds is 12. The molecule has 1 saturated carbocycles. The molecular weight excluding hydrogens is 510 g/mol. The molecule has 202 valence electrons. The predicted molar refractivity (Wildman–Crippen MR) is 161 cm³/mol. The highest BCUT2D eigenvalue weighted by atomic mass is 32.2. The molecule has 1 aromatic heterocycles. The number of carbonyl (C=O) groups is 1. The smallest absolute Gasteiger partial charge is 0.304 e. The SMILES string of the molecule is Cc1sc(/C=C/c2cccc(C(CCc3ccccc3C(C)(C)O)SC3(CC(=O)O)CC3)c2)nc1C(C)C. The molecule has 2 N–H and O–H groups in total. The van der Waals surface area contributed by atoms with Gasteiger partial charge in [-0.1, -0.05) is 68.5 Å². The van der Waals surface area contributed by atoms with Crippen molar-refractivity contribution in [3.8, 4) is 0 Å². The summed E-state index contributed by atoms with van der Waals surface area (Å²) in [6.45, 7) is 10.1. The van der Waals surface area contributed by atoms with Gasteiger partial charge in [-0.2, -0.15) is 0 Å². The van der Waals surface area contributed by atoms with Crippen LogP contribution < -0.4 is 0 Å². The van der Waals surface area contributed by atoms with Crippen molar-refractivity contribution in [3.05, 3.63) is 86.4 Å². The Morgan fingerprint density at radius 3 is 2.53 bits per heavy atom. The van der Waals surface area contributed by atoms with E-state index >= 15 is 0 Å². The van der Waals surface area contributed by atoms with Gasteiger partial charge in [0.15, 0.2) is 0 Å². The zero-order valence-electron chi connectivity index (χ0n) is 23.0. The highest BCUT2D eigenvalue weighted by molar-refractivity contribution is 8.01. The number of aliphatic hydroxyl groups is 1. The number of aryl methyl sites for hydroxylation is 2. The molecule has 2 aromatic carbocycles. The number of aromatic nitrogens is 1. The zero-order chi connectivity index (χ0) is 27.5. The lowest BCUT2D eigenvalue weighted by molar-refractivity contribution is -0.137. The molecule has 4 nitrogen and oxygen atoms in total.